The van der Waals surface area contributed by atoms with Crippen molar-refractivity contribution in [2.45, 2.75) is 19.4 Å². The van der Waals surface area contributed by atoms with E-state index in [4.69, 9.17) is 4.98 Å². The summed E-state index contributed by atoms with van der Waals surface area (Å²) in [6, 6.07) is 10.4. The van der Waals surface area contributed by atoms with E-state index in [1.165, 1.54) is 37.2 Å². The summed E-state index contributed by atoms with van der Waals surface area (Å²) in [6.45, 7) is 3.49. The van der Waals surface area contributed by atoms with Crippen molar-refractivity contribution in [3.05, 3.63) is 41.4 Å². The quantitative estimate of drug-likeness (QED) is 0.822. The molecule has 0 saturated carbocycles. The highest BCUT2D eigenvalue weighted by Gasteiger charge is 2.13. The number of likely N-dealkylation sites (tertiary alicyclic amines) is 1. The molecule has 0 N–H and O–H groups in total. The summed E-state index contributed by atoms with van der Waals surface area (Å²) < 4.78 is 0. The number of thiazole rings is 1. The molecule has 1 aromatic carbocycles. The second-order valence-electron chi connectivity index (χ2n) is 4.49. The molecule has 2 heterocycles. The summed E-state index contributed by atoms with van der Waals surface area (Å²) >= 11 is 1.75. The van der Waals surface area contributed by atoms with Gasteiger partial charge < -0.3 is 0 Å². The second-order valence-corrected chi connectivity index (χ2v) is 5.35. The molecule has 1 aliphatic rings. The fourth-order valence-corrected chi connectivity index (χ4v) is 3.08. The summed E-state index contributed by atoms with van der Waals surface area (Å²) in [5, 5.41) is 3.33. The summed E-state index contributed by atoms with van der Waals surface area (Å²) in [5.41, 5.74) is 2.45. The molecule has 0 spiro atoms. The minimum Gasteiger partial charge on any atom is -0.297 e. The van der Waals surface area contributed by atoms with Crippen LogP contribution in [0.1, 0.15) is 18.5 Å². The van der Waals surface area contributed by atoms with Gasteiger partial charge in [-0.2, -0.15) is 0 Å². The molecule has 0 amide bonds. The van der Waals surface area contributed by atoms with Crippen LogP contribution in [0.3, 0.4) is 0 Å². The van der Waals surface area contributed by atoms with Crippen LogP contribution in [0.25, 0.3) is 10.6 Å². The number of rotatable bonds is 3. The molecule has 1 saturated heterocycles. The molecule has 0 unspecified atom stereocenters. The van der Waals surface area contributed by atoms with Gasteiger partial charge in [0.05, 0.1) is 5.69 Å². The van der Waals surface area contributed by atoms with Crippen molar-refractivity contribution in [3.63, 3.8) is 0 Å². The lowest BCUT2D eigenvalue weighted by Gasteiger charge is -2.11. The van der Waals surface area contributed by atoms with Gasteiger partial charge in [-0.3, -0.25) is 4.90 Å². The third-order valence-electron chi connectivity index (χ3n) is 3.16. The largest absolute Gasteiger partial charge is 0.297 e. The zero-order valence-corrected chi connectivity index (χ0v) is 10.6. The highest BCUT2D eigenvalue weighted by molar-refractivity contribution is 7.13. The molecular formula is C14H16N2S. The van der Waals surface area contributed by atoms with Gasteiger partial charge in [0.1, 0.15) is 5.01 Å². The highest BCUT2D eigenvalue weighted by Crippen LogP contribution is 2.24. The Balaban J connectivity index is 1.74. The standard InChI is InChI=1S/C14H16N2S/c1-2-6-12(7-3-1)14-15-13(11-17-14)10-16-8-4-5-9-16/h1-3,6-7,11H,4-5,8-10H2. The number of nitrogens with zero attached hydrogens (tertiary/aromatic N) is 2. The van der Waals surface area contributed by atoms with Gasteiger partial charge in [-0.25, -0.2) is 4.98 Å². The topological polar surface area (TPSA) is 16.1 Å². The molecule has 1 aromatic heterocycles. The van der Waals surface area contributed by atoms with Gasteiger partial charge in [0.2, 0.25) is 0 Å². The average Bonchev–Trinajstić information content (AvgIpc) is 3.02. The van der Waals surface area contributed by atoms with E-state index in [-0.39, 0.29) is 0 Å². The Hall–Kier alpha value is -1.19. The van der Waals surface area contributed by atoms with Crippen molar-refractivity contribution in [2.24, 2.45) is 0 Å². The number of aromatic nitrogens is 1. The fraction of sp³-hybridized carbons (Fsp3) is 0.357. The third kappa shape index (κ3) is 2.56. The molecule has 88 valence electrons. The van der Waals surface area contributed by atoms with Crippen LogP contribution in [0, 0.1) is 0 Å². The average molecular weight is 244 g/mol. The van der Waals surface area contributed by atoms with Crippen LogP contribution in [-0.4, -0.2) is 23.0 Å². The van der Waals surface area contributed by atoms with E-state index in [1.54, 1.807) is 11.3 Å². The van der Waals surface area contributed by atoms with Crippen molar-refractivity contribution in [3.8, 4) is 10.6 Å². The second kappa shape index (κ2) is 4.98. The van der Waals surface area contributed by atoms with Gasteiger partial charge in [-0.15, -0.1) is 11.3 Å². The number of hydrogen-bond donors (Lipinski definition) is 0. The fourth-order valence-electron chi connectivity index (χ4n) is 2.26. The summed E-state index contributed by atoms with van der Waals surface area (Å²) in [6.07, 6.45) is 2.69. The lowest BCUT2D eigenvalue weighted by Crippen LogP contribution is -2.18. The lowest BCUT2D eigenvalue weighted by molar-refractivity contribution is 0.328. The van der Waals surface area contributed by atoms with Crippen molar-refractivity contribution < 1.29 is 0 Å². The summed E-state index contributed by atoms with van der Waals surface area (Å²) in [7, 11) is 0. The first kappa shape index (κ1) is 10.9. The molecule has 0 aliphatic carbocycles. The molecule has 3 heteroatoms. The molecule has 0 atom stereocenters. The van der Waals surface area contributed by atoms with Crippen LogP contribution < -0.4 is 0 Å². The van der Waals surface area contributed by atoms with Crippen LogP contribution in [0.4, 0.5) is 0 Å². The minimum absolute atomic E-state index is 1.02. The smallest absolute Gasteiger partial charge is 0.123 e. The first-order valence-electron chi connectivity index (χ1n) is 6.14. The van der Waals surface area contributed by atoms with Crippen molar-refractivity contribution in [1.82, 2.24) is 9.88 Å². The lowest BCUT2D eigenvalue weighted by atomic mass is 10.2. The summed E-state index contributed by atoms with van der Waals surface area (Å²) in [5.74, 6) is 0. The van der Waals surface area contributed by atoms with E-state index in [9.17, 15) is 0 Å². The van der Waals surface area contributed by atoms with Crippen LogP contribution >= 0.6 is 11.3 Å². The summed E-state index contributed by atoms with van der Waals surface area (Å²) in [4.78, 5) is 7.21. The maximum absolute atomic E-state index is 4.72. The zero-order valence-electron chi connectivity index (χ0n) is 9.80. The molecule has 17 heavy (non-hydrogen) atoms. The van der Waals surface area contributed by atoms with Gasteiger partial charge in [0.15, 0.2) is 0 Å². The Kier molecular flexibility index (Phi) is 3.20. The van der Waals surface area contributed by atoms with Gasteiger partial charge >= 0.3 is 0 Å². The van der Waals surface area contributed by atoms with Gasteiger partial charge in [-0.05, 0) is 25.9 Å². The molecule has 1 aliphatic heterocycles. The van der Waals surface area contributed by atoms with E-state index in [0.717, 1.165) is 11.6 Å². The number of hydrogen-bond acceptors (Lipinski definition) is 3. The first-order chi connectivity index (χ1) is 8.42. The highest BCUT2D eigenvalue weighted by atomic mass is 32.1. The Morgan fingerprint density at radius 3 is 2.65 bits per heavy atom. The normalized spacial score (nSPS) is 16.5. The van der Waals surface area contributed by atoms with Crippen molar-refractivity contribution >= 4 is 11.3 Å². The van der Waals surface area contributed by atoms with E-state index < -0.39 is 0 Å². The predicted molar refractivity (Wildman–Crippen MR) is 72.1 cm³/mol. The predicted octanol–water partition coefficient (Wildman–Crippen LogP) is 3.41. The Morgan fingerprint density at radius 2 is 1.88 bits per heavy atom. The van der Waals surface area contributed by atoms with Crippen LogP contribution in [0.5, 0.6) is 0 Å². The molecule has 3 rings (SSSR count). The zero-order chi connectivity index (χ0) is 11.5. The Morgan fingerprint density at radius 1 is 1.12 bits per heavy atom. The minimum atomic E-state index is 1.02. The van der Waals surface area contributed by atoms with Crippen molar-refractivity contribution in [2.75, 3.05) is 13.1 Å². The molecule has 0 bridgehead atoms. The van der Waals surface area contributed by atoms with Gasteiger partial charge in [0, 0.05) is 17.5 Å². The molecule has 2 nitrogen and oxygen atoms in total. The van der Waals surface area contributed by atoms with Crippen molar-refractivity contribution in [1.29, 1.82) is 0 Å². The SMILES string of the molecule is c1ccc(-c2nc(CN3CCCC3)cs2)cc1. The van der Waals surface area contributed by atoms with E-state index in [0.29, 0.717) is 0 Å². The molecule has 1 fully saturated rings. The van der Waals surface area contributed by atoms with Gasteiger partial charge in [0.25, 0.3) is 0 Å². The van der Waals surface area contributed by atoms with Gasteiger partial charge in [-0.1, -0.05) is 30.3 Å². The van der Waals surface area contributed by atoms with E-state index >= 15 is 0 Å². The Bertz CT molecular complexity index is 472. The molecule has 2 aromatic rings. The van der Waals surface area contributed by atoms with E-state index in [2.05, 4.69) is 34.5 Å². The third-order valence-corrected chi connectivity index (χ3v) is 4.10. The molecular weight excluding hydrogens is 228 g/mol. The van der Waals surface area contributed by atoms with Crippen LogP contribution in [0.2, 0.25) is 0 Å². The maximum atomic E-state index is 4.72. The molecule has 0 radical (unpaired) electrons. The van der Waals surface area contributed by atoms with E-state index in [1.807, 2.05) is 6.07 Å². The monoisotopic (exact) mass is 244 g/mol. The Labute approximate surface area is 106 Å². The number of benzene rings is 1. The maximum Gasteiger partial charge on any atom is 0.123 e. The van der Waals surface area contributed by atoms with Crippen LogP contribution in [0.15, 0.2) is 35.7 Å². The van der Waals surface area contributed by atoms with Crippen LogP contribution in [-0.2, 0) is 6.54 Å². The first-order valence-corrected chi connectivity index (χ1v) is 7.02.